The van der Waals surface area contributed by atoms with Gasteiger partial charge in [0.05, 0.1) is 30.1 Å². The Morgan fingerprint density at radius 2 is 1.79 bits per heavy atom. The van der Waals surface area contributed by atoms with Crippen LogP contribution in [-0.4, -0.2) is 13.2 Å². The number of ether oxygens (including phenoxy) is 1. The van der Waals surface area contributed by atoms with E-state index in [1.165, 1.54) is 28.7 Å². The van der Waals surface area contributed by atoms with Gasteiger partial charge in [0.25, 0.3) is 0 Å². The standard InChI is InChI=1S/C17H21NO/c1-12-5-6-15(14(3)13(12)2)17(10-19-11-17)16(9-18)7-4-8-16/h5-6H,4,7-8,10-11H2,1-3H3. The first-order chi connectivity index (χ1) is 9.06. The summed E-state index contributed by atoms with van der Waals surface area (Å²) in [4.78, 5) is 0. The topological polar surface area (TPSA) is 33.0 Å². The van der Waals surface area contributed by atoms with Crippen LogP contribution in [0.15, 0.2) is 12.1 Å². The summed E-state index contributed by atoms with van der Waals surface area (Å²) in [6, 6.07) is 7.07. The first-order valence-electron chi connectivity index (χ1n) is 7.13. The zero-order valence-electron chi connectivity index (χ0n) is 12.0. The highest BCUT2D eigenvalue weighted by atomic mass is 16.5. The molecule has 0 spiro atoms. The number of hydrogen-bond donors (Lipinski definition) is 0. The van der Waals surface area contributed by atoms with Crippen LogP contribution >= 0.6 is 0 Å². The summed E-state index contributed by atoms with van der Waals surface area (Å²) in [5, 5.41) is 9.71. The van der Waals surface area contributed by atoms with Crippen molar-refractivity contribution in [3.8, 4) is 6.07 Å². The highest BCUT2D eigenvalue weighted by molar-refractivity contribution is 5.47. The van der Waals surface area contributed by atoms with E-state index in [0.717, 1.165) is 12.8 Å². The van der Waals surface area contributed by atoms with E-state index in [9.17, 15) is 5.26 Å². The minimum Gasteiger partial charge on any atom is -0.379 e. The molecule has 0 aromatic heterocycles. The van der Waals surface area contributed by atoms with E-state index < -0.39 is 0 Å². The van der Waals surface area contributed by atoms with Crippen LogP contribution in [0, 0.1) is 37.5 Å². The van der Waals surface area contributed by atoms with Crippen molar-refractivity contribution in [3.63, 3.8) is 0 Å². The maximum Gasteiger partial charge on any atom is 0.0715 e. The Kier molecular flexibility index (Phi) is 2.73. The average Bonchev–Trinajstić information content (AvgIpc) is 2.30. The molecule has 0 radical (unpaired) electrons. The third-order valence-corrected chi connectivity index (χ3v) is 5.61. The van der Waals surface area contributed by atoms with Crippen LogP contribution in [0.3, 0.4) is 0 Å². The van der Waals surface area contributed by atoms with Crippen molar-refractivity contribution in [1.29, 1.82) is 5.26 Å². The van der Waals surface area contributed by atoms with Crippen molar-refractivity contribution in [2.24, 2.45) is 5.41 Å². The average molecular weight is 255 g/mol. The summed E-state index contributed by atoms with van der Waals surface area (Å²) in [7, 11) is 0. The number of hydrogen-bond acceptors (Lipinski definition) is 2. The molecule has 0 N–H and O–H groups in total. The molecular weight excluding hydrogens is 234 g/mol. The van der Waals surface area contributed by atoms with Crippen molar-refractivity contribution in [2.75, 3.05) is 13.2 Å². The lowest BCUT2D eigenvalue weighted by atomic mass is 9.50. The predicted molar refractivity (Wildman–Crippen MR) is 75.0 cm³/mol. The third-order valence-electron chi connectivity index (χ3n) is 5.61. The van der Waals surface area contributed by atoms with Gasteiger partial charge in [0.1, 0.15) is 0 Å². The molecule has 0 unspecified atom stereocenters. The monoisotopic (exact) mass is 255 g/mol. The highest BCUT2D eigenvalue weighted by Crippen LogP contribution is 2.58. The molecule has 2 nitrogen and oxygen atoms in total. The Hall–Kier alpha value is -1.33. The van der Waals surface area contributed by atoms with E-state index in [2.05, 4.69) is 39.0 Å². The van der Waals surface area contributed by atoms with E-state index in [1.54, 1.807) is 0 Å². The largest absolute Gasteiger partial charge is 0.379 e. The van der Waals surface area contributed by atoms with E-state index in [1.807, 2.05) is 0 Å². The van der Waals surface area contributed by atoms with Crippen molar-refractivity contribution < 1.29 is 4.74 Å². The summed E-state index contributed by atoms with van der Waals surface area (Å²) >= 11 is 0. The minimum absolute atomic E-state index is 0.0530. The minimum atomic E-state index is -0.183. The molecule has 1 aliphatic carbocycles. The van der Waals surface area contributed by atoms with E-state index in [-0.39, 0.29) is 10.8 Å². The van der Waals surface area contributed by atoms with Gasteiger partial charge in [-0.05, 0) is 55.9 Å². The first kappa shape index (κ1) is 12.7. The summed E-state index contributed by atoms with van der Waals surface area (Å²) in [5.41, 5.74) is 5.15. The van der Waals surface area contributed by atoms with Crippen molar-refractivity contribution in [3.05, 3.63) is 34.4 Å². The predicted octanol–water partition coefficient (Wildman–Crippen LogP) is 3.57. The van der Waals surface area contributed by atoms with Crippen LogP contribution in [0.25, 0.3) is 0 Å². The molecule has 1 saturated heterocycles. The second-order valence-electron chi connectivity index (χ2n) is 6.30. The summed E-state index contributed by atoms with van der Waals surface area (Å²) in [5.74, 6) is 0. The normalized spacial score (nSPS) is 23.1. The lowest BCUT2D eigenvalue weighted by molar-refractivity contribution is -0.135. The molecule has 0 atom stereocenters. The molecule has 1 saturated carbocycles. The zero-order valence-corrected chi connectivity index (χ0v) is 12.0. The van der Waals surface area contributed by atoms with E-state index in [0.29, 0.717) is 13.2 Å². The number of aryl methyl sites for hydroxylation is 1. The van der Waals surface area contributed by atoms with Gasteiger partial charge in [-0.2, -0.15) is 5.26 Å². The Bertz CT molecular complexity index is 559. The summed E-state index contributed by atoms with van der Waals surface area (Å²) < 4.78 is 5.55. The molecule has 0 bridgehead atoms. The van der Waals surface area contributed by atoms with Gasteiger partial charge in [0.2, 0.25) is 0 Å². The molecule has 3 rings (SSSR count). The van der Waals surface area contributed by atoms with E-state index in [4.69, 9.17) is 4.74 Å². The molecule has 0 amide bonds. The zero-order chi connectivity index (χ0) is 13.7. The van der Waals surface area contributed by atoms with Gasteiger partial charge >= 0.3 is 0 Å². The molecule has 1 heterocycles. The molecule has 100 valence electrons. The van der Waals surface area contributed by atoms with Crippen molar-refractivity contribution >= 4 is 0 Å². The Morgan fingerprint density at radius 1 is 1.11 bits per heavy atom. The van der Waals surface area contributed by atoms with Gasteiger partial charge in [-0.1, -0.05) is 18.6 Å². The quantitative estimate of drug-likeness (QED) is 0.809. The van der Waals surface area contributed by atoms with Crippen molar-refractivity contribution in [2.45, 2.75) is 45.4 Å². The Balaban J connectivity index is 2.14. The number of rotatable bonds is 2. The van der Waals surface area contributed by atoms with Gasteiger partial charge in [-0.15, -0.1) is 0 Å². The van der Waals surface area contributed by atoms with Crippen LogP contribution in [0.5, 0.6) is 0 Å². The van der Waals surface area contributed by atoms with Gasteiger partial charge in [-0.25, -0.2) is 0 Å². The summed E-state index contributed by atoms with van der Waals surface area (Å²) in [6.45, 7) is 7.95. The molecule has 2 fully saturated rings. The lowest BCUT2D eigenvalue weighted by Crippen LogP contribution is -2.61. The number of nitriles is 1. The molecule has 1 aliphatic heterocycles. The summed E-state index contributed by atoms with van der Waals surface area (Å²) in [6.07, 6.45) is 3.23. The Morgan fingerprint density at radius 3 is 2.21 bits per heavy atom. The van der Waals surface area contributed by atoms with Crippen LogP contribution in [0.1, 0.15) is 41.5 Å². The van der Waals surface area contributed by atoms with Gasteiger partial charge in [-0.3, -0.25) is 0 Å². The highest BCUT2D eigenvalue weighted by Gasteiger charge is 2.60. The fourth-order valence-corrected chi connectivity index (χ4v) is 3.70. The maximum atomic E-state index is 9.71. The number of benzene rings is 1. The van der Waals surface area contributed by atoms with E-state index >= 15 is 0 Å². The molecule has 19 heavy (non-hydrogen) atoms. The number of nitrogens with zero attached hydrogens (tertiary/aromatic N) is 1. The molecule has 2 heteroatoms. The van der Waals surface area contributed by atoms with Crippen LogP contribution in [0.2, 0.25) is 0 Å². The molecule has 2 aliphatic rings. The lowest BCUT2D eigenvalue weighted by Gasteiger charge is -2.57. The third kappa shape index (κ3) is 1.45. The molecular formula is C17H21NO. The molecule has 1 aromatic rings. The second-order valence-corrected chi connectivity index (χ2v) is 6.30. The fourth-order valence-electron chi connectivity index (χ4n) is 3.70. The van der Waals surface area contributed by atoms with Gasteiger partial charge in [0, 0.05) is 0 Å². The van der Waals surface area contributed by atoms with Crippen LogP contribution in [-0.2, 0) is 10.2 Å². The van der Waals surface area contributed by atoms with Crippen LogP contribution in [0.4, 0.5) is 0 Å². The van der Waals surface area contributed by atoms with Gasteiger partial charge < -0.3 is 4.74 Å². The van der Waals surface area contributed by atoms with Crippen LogP contribution < -0.4 is 0 Å². The Labute approximate surface area is 115 Å². The SMILES string of the molecule is Cc1ccc(C2(C3(C#N)CCC3)COC2)c(C)c1C. The van der Waals surface area contributed by atoms with Crippen molar-refractivity contribution in [1.82, 2.24) is 0 Å². The fraction of sp³-hybridized carbons (Fsp3) is 0.588. The first-order valence-corrected chi connectivity index (χ1v) is 7.13. The molecule has 1 aromatic carbocycles. The maximum absolute atomic E-state index is 9.71. The van der Waals surface area contributed by atoms with Gasteiger partial charge in [0.15, 0.2) is 0 Å². The second kappa shape index (κ2) is 4.08. The smallest absolute Gasteiger partial charge is 0.0715 e.